The van der Waals surface area contributed by atoms with E-state index in [1.165, 1.54) is 0 Å². The molecule has 0 aromatic heterocycles. The second-order valence-corrected chi connectivity index (χ2v) is 9.78. The van der Waals surface area contributed by atoms with Gasteiger partial charge >= 0.3 is 12.1 Å². The zero-order valence-electron chi connectivity index (χ0n) is 23.6. The highest BCUT2D eigenvalue weighted by Crippen LogP contribution is 2.33. The molecule has 0 unspecified atom stereocenters. The predicted molar refractivity (Wildman–Crippen MR) is 148 cm³/mol. The van der Waals surface area contributed by atoms with Crippen LogP contribution in [0.15, 0.2) is 60.7 Å². The molecule has 3 rings (SSSR count). The van der Waals surface area contributed by atoms with Gasteiger partial charge in [0.2, 0.25) is 0 Å². The summed E-state index contributed by atoms with van der Waals surface area (Å²) >= 11 is 0. The van der Waals surface area contributed by atoms with Gasteiger partial charge in [-0.15, -0.1) is 0 Å². The number of ether oxygens (including phenoxy) is 3. The normalized spacial score (nSPS) is 18.4. The molecule has 10 nitrogen and oxygen atoms in total. The quantitative estimate of drug-likeness (QED) is 0.219. The Hall–Kier alpha value is -4.15. The molecule has 10 heteroatoms. The molecule has 0 radical (unpaired) electrons. The van der Waals surface area contributed by atoms with Crippen molar-refractivity contribution in [2.75, 3.05) is 13.7 Å². The molecule has 1 aliphatic heterocycles. The first-order chi connectivity index (χ1) is 19.6. The third-order valence-electron chi connectivity index (χ3n) is 6.71. The fourth-order valence-electron chi connectivity index (χ4n) is 4.68. The lowest BCUT2D eigenvalue weighted by Crippen LogP contribution is -2.52. The summed E-state index contributed by atoms with van der Waals surface area (Å²) in [6.45, 7) is 4.45. The molecule has 0 spiro atoms. The molecule has 1 saturated heterocycles. The number of carbonyl (C=O) groups is 5. The smallest absolute Gasteiger partial charge is 0.417 e. The van der Waals surface area contributed by atoms with E-state index in [9.17, 15) is 24.0 Å². The number of imide groups is 1. The molecular weight excluding hydrogens is 530 g/mol. The van der Waals surface area contributed by atoms with Crippen molar-refractivity contribution in [1.82, 2.24) is 4.90 Å². The van der Waals surface area contributed by atoms with Gasteiger partial charge in [0.1, 0.15) is 6.10 Å². The maximum atomic E-state index is 13.7. The maximum Gasteiger partial charge on any atom is 0.417 e. The molecular formula is C31H35NO9. The molecule has 1 heterocycles. The molecule has 1 fully saturated rings. The van der Waals surface area contributed by atoms with Crippen LogP contribution in [0.1, 0.15) is 55.9 Å². The van der Waals surface area contributed by atoms with E-state index in [4.69, 9.17) is 19.3 Å². The predicted octanol–water partition coefficient (Wildman–Crippen LogP) is 3.73. The van der Waals surface area contributed by atoms with Gasteiger partial charge in [-0.2, -0.15) is 0 Å². The highest BCUT2D eigenvalue weighted by atomic mass is 16.6. The number of carbonyl (C=O) groups excluding carboxylic acids is 5. The lowest BCUT2D eigenvalue weighted by Gasteiger charge is -2.27. The van der Waals surface area contributed by atoms with Gasteiger partial charge in [0.25, 0.3) is 5.91 Å². The maximum absolute atomic E-state index is 13.7. The fourth-order valence-corrected chi connectivity index (χ4v) is 4.68. The van der Waals surface area contributed by atoms with E-state index in [2.05, 4.69) is 0 Å². The van der Waals surface area contributed by atoms with Crippen LogP contribution in [-0.4, -0.2) is 71.5 Å². The van der Waals surface area contributed by atoms with Crippen LogP contribution >= 0.6 is 0 Å². The van der Waals surface area contributed by atoms with Gasteiger partial charge in [0.05, 0.1) is 6.04 Å². The summed E-state index contributed by atoms with van der Waals surface area (Å²) in [7, 11) is 1.15. The van der Waals surface area contributed by atoms with Crippen molar-refractivity contribution in [2.45, 2.75) is 64.4 Å². The van der Waals surface area contributed by atoms with E-state index in [1.807, 2.05) is 13.0 Å². The van der Waals surface area contributed by atoms with E-state index in [1.54, 1.807) is 55.5 Å². The largest absolute Gasteiger partial charge is 0.451 e. The first-order valence-corrected chi connectivity index (χ1v) is 13.3. The highest BCUT2D eigenvalue weighted by Gasteiger charge is 2.48. The first-order valence-electron chi connectivity index (χ1n) is 13.3. The van der Waals surface area contributed by atoms with Gasteiger partial charge in [-0.05, 0) is 43.9 Å². The van der Waals surface area contributed by atoms with Crippen LogP contribution in [0.2, 0.25) is 0 Å². The number of ketones is 2. The molecule has 1 N–H and O–H groups in total. The Bertz CT molecular complexity index is 1300. The minimum Gasteiger partial charge on any atom is -0.451 e. The van der Waals surface area contributed by atoms with E-state index < -0.39 is 48.1 Å². The van der Waals surface area contributed by atoms with Crippen LogP contribution in [0.3, 0.4) is 0 Å². The summed E-state index contributed by atoms with van der Waals surface area (Å²) in [6, 6.07) is 15.1. The summed E-state index contributed by atoms with van der Waals surface area (Å²) in [6.07, 6.45) is -3.25. The number of aliphatic hydroxyl groups excluding tert-OH is 1. The number of allylic oxidation sites excluding steroid dienone is 1. The van der Waals surface area contributed by atoms with Crippen LogP contribution in [0.5, 0.6) is 0 Å². The number of rotatable bonds is 13. The van der Waals surface area contributed by atoms with Crippen LogP contribution in [0.25, 0.3) is 5.57 Å². The molecule has 2 amide bonds. The first kappa shape index (κ1) is 31.4. The van der Waals surface area contributed by atoms with Crippen molar-refractivity contribution in [3.8, 4) is 0 Å². The van der Waals surface area contributed by atoms with Crippen LogP contribution < -0.4 is 0 Å². The van der Waals surface area contributed by atoms with Gasteiger partial charge in [-0.3, -0.25) is 19.2 Å². The third-order valence-corrected chi connectivity index (χ3v) is 6.71. The lowest BCUT2D eigenvalue weighted by molar-refractivity contribution is -0.166. The number of esters is 1. The minimum atomic E-state index is -1.79. The van der Waals surface area contributed by atoms with Crippen molar-refractivity contribution in [2.24, 2.45) is 0 Å². The second kappa shape index (κ2) is 14.5. The monoisotopic (exact) mass is 565 g/mol. The Kier molecular flexibility index (Phi) is 11.1. The summed E-state index contributed by atoms with van der Waals surface area (Å²) in [5, 5.41) is 9.11. The van der Waals surface area contributed by atoms with E-state index in [-0.39, 0.29) is 24.4 Å². The molecule has 2 aromatic rings. The minimum absolute atomic E-state index is 0.0641. The Morgan fingerprint density at radius 1 is 1.05 bits per heavy atom. The highest BCUT2D eigenvalue weighted by molar-refractivity contribution is 6.25. The summed E-state index contributed by atoms with van der Waals surface area (Å²) < 4.78 is 16.1. The Morgan fingerprint density at radius 2 is 1.76 bits per heavy atom. The summed E-state index contributed by atoms with van der Waals surface area (Å²) in [4.78, 5) is 66.2. The number of aliphatic hydroxyl groups is 1. The van der Waals surface area contributed by atoms with E-state index >= 15 is 0 Å². The number of aryl methyl sites for hydroxylation is 1. The van der Waals surface area contributed by atoms with Crippen molar-refractivity contribution in [3.63, 3.8) is 0 Å². The van der Waals surface area contributed by atoms with Gasteiger partial charge in [0, 0.05) is 32.6 Å². The van der Waals surface area contributed by atoms with Gasteiger partial charge in [-0.25, -0.2) is 9.69 Å². The number of nitrogens with zero attached hydrogens (tertiary/aromatic N) is 1. The molecule has 218 valence electrons. The summed E-state index contributed by atoms with van der Waals surface area (Å²) in [5.74, 6) is -3.02. The van der Waals surface area contributed by atoms with Gasteiger partial charge in [0.15, 0.2) is 23.8 Å². The van der Waals surface area contributed by atoms with Crippen molar-refractivity contribution >= 4 is 35.1 Å². The third kappa shape index (κ3) is 7.74. The number of hydrogen-bond donors (Lipinski definition) is 1. The second-order valence-electron chi connectivity index (χ2n) is 9.78. The summed E-state index contributed by atoms with van der Waals surface area (Å²) in [5.41, 5.74) is 2.06. The molecule has 0 bridgehead atoms. The molecule has 4 atom stereocenters. The average molecular weight is 566 g/mol. The number of cyclic esters (lactones) is 1. The number of amides is 2. The molecule has 41 heavy (non-hydrogen) atoms. The van der Waals surface area contributed by atoms with E-state index in [0.717, 1.165) is 30.6 Å². The average Bonchev–Trinajstić information content (AvgIpc) is 3.25. The Balaban J connectivity index is 1.96. The topological polar surface area (TPSA) is 137 Å². The number of unbranched alkanes of at least 4 members (excludes halogenated alkanes) is 1. The zero-order valence-corrected chi connectivity index (χ0v) is 23.6. The van der Waals surface area contributed by atoms with E-state index in [0.29, 0.717) is 24.0 Å². The van der Waals surface area contributed by atoms with Crippen LogP contribution in [0.4, 0.5) is 4.79 Å². The van der Waals surface area contributed by atoms with Gasteiger partial charge in [-0.1, -0.05) is 60.2 Å². The van der Waals surface area contributed by atoms with Crippen LogP contribution in [0, 0.1) is 6.92 Å². The number of hydrogen-bond acceptors (Lipinski definition) is 9. The zero-order chi connectivity index (χ0) is 30.1. The number of methoxy groups -OCH3 is 1. The Morgan fingerprint density at radius 3 is 2.37 bits per heavy atom. The molecule has 2 aromatic carbocycles. The van der Waals surface area contributed by atoms with Crippen molar-refractivity contribution in [3.05, 3.63) is 77.4 Å². The SMILES string of the molecule is CO[C@@H](C(=O)N1C(=O)O[C@@H](c2ccccc2)[C@H]1C)[C@@H](OC(C)=O)C(=O)C=C(C(=O)CCCCO)c1cccc(C)c1. The standard InChI is InChI=1S/C31H35NO9/c1-19-11-10-14-23(17-19)24(25(35)15-8-9-16-33)18-26(36)28(40-21(3)34)29(39-4)30(37)32-20(2)27(41-31(32)38)22-12-6-5-7-13-22/h5-7,10-14,17-18,20,27-29,33H,8-9,15-16H2,1-4H3/t20-,27-,28+,29-/m1/s1. The van der Waals surface area contributed by atoms with Crippen LogP contribution in [-0.2, 0) is 33.4 Å². The lowest BCUT2D eigenvalue weighted by atomic mass is 9.94. The molecule has 0 saturated carbocycles. The fraction of sp³-hybridized carbons (Fsp3) is 0.387. The van der Waals surface area contributed by atoms with Gasteiger partial charge < -0.3 is 19.3 Å². The molecule has 1 aliphatic rings. The number of benzene rings is 2. The number of Topliss-reactive ketones (excluding diaryl/α,β-unsaturated/α-hetero) is 1. The molecule has 0 aliphatic carbocycles. The van der Waals surface area contributed by atoms with Crippen molar-refractivity contribution in [1.29, 1.82) is 0 Å². The van der Waals surface area contributed by atoms with Crippen molar-refractivity contribution < 1.29 is 43.3 Å². The Labute approximate surface area is 238 Å².